The van der Waals surface area contributed by atoms with Gasteiger partial charge in [-0.05, 0) is 70.0 Å². The first-order valence-corrected chi connectivity index (χ1v) is 14.7. The van der Waals surface area contributed by atoms with E-state index in [4.69, 9.17) is 9.72 Å². The number of carbonyl (C=O) groups is 1. The van der Waals surface area contributed by atoms with Crippen LogP contribution < -0.4 is 10.1 Å². The first-order chi connectivity index (χ1) is 17.5. The standard InChI is InChI=1S/C28H30IN3O3S2/c1-16(2)15-35-21-12-17(8-9-20(21)29)24-23(13-28(3,4)5)37-27(31-24)32-25-19(26(33)34)11-18(14-30-25)22-7-6-10-36-22/h6-12,14,16H,13,15H2,1-5H3,(H,33,34)(H,30,31,32). The Morgan fingerprint density at radius 2 is 1.97 bits per heavy atom. The predicted octanol–water partition coefficient (Wildman–Crippen LogP) is 8.60. The van der Waals surface area contributed by atoms with Crippen LogP contribution in [0.15, 0.2) is 48.0 Å². The summed E-state index contributed by atoms with van der Waals surface area (Å²) in [6.45, 7) is 11.5. The van der Waals surface area contributed by atoms with Crippen molar-refractivity contribution in [2.75, 3.05) is 11.9 Å². The minimum Gasteiger partial charge on any atom is -0.492 e. The van der Waals surface area contributed by atoms with Gasteiger partial charge in [0.15, 0.2) is 5.13 Å². The highest BCUT2D eigenvalue weighted by Gasteiger charge is 2.22. The number of rotatable bonds is 9. The van der Waals surface area contributed by atoms with Crippen LogP contribution in [0, 0.1) is 14.9 Å². The van der Waals surface area contributed by atoms with E-state index in [1.807, 2.05) is 29.6 Å². The minimum absolute atomic E-state index is 0.0472. The lowest BCUT2D eigenvalue weighted by atomic mass is 9.90. The van der Waals surface area contributed by atoms with Crippen LogP contribution in [-0.4, -0.2) is 27.7 Å². The molecule has 37 heavy (non-hydrogen) atoms. The SMILES string of the molecule is CC(C)COc1cc(-c2nc(Nc3ncc(-c4cccs4)cc3C(=O)O)sc2CC(C)(C)C)ccc1I. The molecule has 194 valence electrons. The number of aromatic carboxylic acids is 1. The second kappa shape index (κ2) is 11.5. The highest BCUT2D eigenvalue weighted by atomic mass is 127. The molecule has 0 bridgehead atoms. The number of aromatic nitrogens is 2. The molecule has 0 saturated carbocycles. The lowest BCUT2D eigenvalue weighted by Crippen LogP contribution is -2.09. The molecule has 0 fully saturated rings. The van der Waals surface area contributed by atoms with Gasteiger partial charge in [0.2, 0.25) is 0 Å². The van der Waals surface area contributed by atoms with Gasteiger partial charge in [0, 0.05) is 27.1 Å². The van der Waals surface area contributed by atoms with Crippen molar-refractivity contribution in [3.05, 3.63) is 62.0 Å². The molecule has 0 radical (unpaired) electrons. The van der Waals surface area contributed by atoms with Gasteiger partial charge in [-0.2, -0.15) is 0 Å². The fraction of sp³-hybridized carbons (Fsp3) is 0.321. The zero-order valence-electron chi connectivity index (χ0n) is 21.5. The third-order valence-corrected chi connectivity index (χ3v) is 8.10. The number of thiophene rings is 1. The van der Waals surface area contributed by atoms with Gasteiger partial charge in [0.1, 0.15) is 17.1 Å². The zero-order chi connectivity index (χ0) is 26.7. The number of carboxylic acid groups (broad SMARTS) is 1. The molecule has 0 unspecified atom stereocenters. The molecule has 1 aromatic carbocycles. The summed E-state index contributed by atoms with van der Waals surface area (Å²) in [7, 11) is 0. The van der Waals surface area contributed by atoms with E-state index in [0.29, 0.717) is 17.7 Å². The molecule has 0 atom stereocenters. The highest BCUT2D eigenvalue weighted by Crippen LogP contribution is 2.39. The maximum Gasteiger partial charge on any atom is 0.339 e. The summed E-state index contributed by atoms with van der Waals surface area (Å²) in [5.41, 5.74) is 2.78. The topological polar surface area (TPSA) is 84.3 Å². The predicted molar refractivity (Wildman–Crippen MR) is 162 cm³/mol. The second-order valence-corrected chi connectivity index (χ2v) is 13.6. The quantitative estimate of drug-likeness (QED) is 0.177. The van der Waals surface area contributed by atoms with Crippen LogP contribution in [0.2, 0.25) is 0 Å². The summed E-state index contributed by atoms with van der Waals surface area (Å²) in [5.74, 6) is 0.506. The maximum atomic E-state index is 12.1. The van der Waals surface area contributed by atoms with E-state index in [2.05, 4.69) is 73.6 Å². The van der Waals surface area contributed by atoms with Crippen LogP contribution in [0.1, 0.15) is 49.9 Å². The lowest BCUT2D eigenvalue weighted by molar-refractivity contribution is 0.0697. The Hall–Kier alpha value is -2.50. The molecule has 9 heteroatoms. The molecule has 4 rings (SSSR count). The largest absolute Gasteiger partial charge is 0.492 e. The summed E-state index contributed by atoms with van der Waals surface area (Å²) in [6.07, 6.45) is 2.52. The van der Waals surface area contributed by atoms with E-state index in [9.17, 15) is 9.90 Å². The van der Waals surface area contributed by atoms with Crippen LogP contribution in [0.25, 0.3) is 21.7 Å². The normalized spacial score (nSPS) is 11.6. The van der Waals surface area contributed by atoms with Crippen molar-refractivity contribution >= 4 is 62.2 Å². The molecule has 0 aliphatic rings. The summed E-state index contributed by atoms with van der Waals surface area (Å²) >= 11 is 5.37. The van der Waals surface area contributed by atoms with Gasteiger partial charge >= 0.3 is 5.97 Å². The number of halogens is 1. The molecular formula is C28H30IN3O3S2. The summed E-state index contributed by atoms with van der Waals surface area (Å²) < 4.78 is 7.12. The van der Waals surface area contributed by atoms with Gasteiger partial charge in [-0.1, -0.05) is 46.8 Å². The van der Waals surface area contributed by atoms with E-state index in [-0.39, 0.29) is 16.8 Å². The van der Waals surface area contributed by atoms with Crippen LogP contribution in [0.5, 0.6) is 5.75 Å². The number of benzene rings is 1. The number of carboxylic acids is 1. The van der Waals surface area contributed by atoms with E-state index < -0.39 is 5.97 Å². The average molecular weight is 648 g/mol. The number of nitrogens with one attached hydrogen (secondary N) is 1. The fourth-order valence-corrected chi connectivity index (χ4v) is 6.14. The molecule has 0 aliphatic carbocycles. The van der Waals surface area contributed by atoms with Gasteiger partial charge in [-0.3, -0.25) is 0 Å². The molecule has 0 spiro atoms. The van der Waals surface area contributed by atoms with E-state index in [1.54, 1.807) is 23.6 Å². The van der Waals surface area contributed by atoms with E-state index in [1.165, 1.54) is 11.3 Å². The smallest absolute Gasteiger partial charge is 0.339 e. The first kappa shape index (κ1) is 27.5. The molecule has 0 saturated heterocycles. The number of ether oxygens (including phenoxy) is 1. The van der Waals surface area contributed by atoms with Crippen molar-refractivity contribution in [1.29, 1.82) is 0 Å². The second-order valence-electron chi connectivity index (χ2n) is 10.4. The van der Waals surface area contributed by atoms with Gasteiger partial charge in [-0.15, -0.1) is 22.7 Å². The van der Waals surface area contributed by atoms with Crippen molar-refractivity contribution < 1.29 is 14.6 Å². The number of anilines is 2. The Morgan fingerprint density at radius 1 is 1.19 bits per heavy atom. The Labute approximate surface area is 239 Å². The third kappa shape index (κ3) is 7.08. The van der Waals surface area contributed by atoms with Gasteiger partial charge in [-0.25, -0.2) is 14.8 Å². The number of pyridine rings is 1. The summed E-state index contributed by atoms with van der Waals surface area (Å²) in [5, 5.41) is 15.7. The minimum atomic E-state index is -1.04. The number of hydrogen-bond acceptors (Lipinski definition) is 7. The van der Waals surface area contributed by atoms with E-state index in [0.717, 1.165) is 42.3 Å². The monoisotopic (exact) mass is 647 g/mol. The molecular weight excluding hydrogens is 617 g/mol. The molecule has 3 heterocycles. The van der Waals surface area contributed by atoms with Gasteiger partial charge in [0.25, 0.3) is 0 Å². The molecule has 4 aromatic rings. The Balaban J connectivity index is 1.71. The zero-order valence-corrected chi connectivity index (χ0v) is 25.3. The average Bonchev–Trinajstić information content (AvgIpc) is 3.48. The molecule has 0 amide bonds. The van der Waals surface area contributed by atoms with Crippen molar-refractivity contribution in [2.24, 2.45) is 11.3 Å². The molecule has 0 aliphatic heterocycles. The maximum absolute atomic E-state index is 12.1. The number of hydrogen-bond donors (Lipinski definition) is 2. The Bertz CT molecular complexity index is 1390. The van der Waals surface area contributed by atoms with E-state index >= 15 is 0 Å². The van der Waals surface area contributed by atoms with Crippen molar-refractivity contribution in [2.45, 2.75) is 41.0 Å². The number of thiazole rings is 1. The van der Waals surface area contributed by atoms with Crippen molar-refractivity contribution in [3.8, 4) is 27.4 Å². The van der Waals surface area contributed by atoms with Crippen molar-refractivity contribution in [1.82, 2.24) is 9.97 Å². The molecule has 3 aromatic heterocycles. The Kier molecular flexibility index (Phi) is 8.55. The first-order valence-electron chi connectivity index (χ1n) is 12.0. The molecule has 2 N–H and O–H groups in total. The lowest BCUT2D eigenvalue weighted by Gasteiger charge is -2.17. The van der Waals surface area contributed by atoms with Crippen LogP contribution in [0.4, 0.5) is 10.9 Å². The molecule has 6 nitrogen and oxygen atoms in total. The van der Waals surface area contributed by atoms with Crippen LogP contribution in [-0.2, 0) is 6.42 Å². The summed E-state index contributed by atoms with van der Waals surface area (Å²) in [6, 6.07) is 11.7. The van der Waals surface area contributed by atoms with Gasteiger partial charge in [0.05, 0.1) is 15.9 Å². The Morgan fingerprint density at radius 3 is 2.62 bits per heavy atom. The van der Waals surface area contributed by atoms with Gasteiger partial charge < -0.3 is 15.2 Å². The number of nitrogens with zero attached hydrogens (tertiary/aromatic N) is 2. The van der Waals surface area contributed by atoms with Crippen molar-refractivity contribution in [3.63, 3.8) is 0 Å². The van der Waals surface area contributed by atoms with Crippen LogP contribution >= 0.6 is 45.3 Å². The highest BCUT2D eigenvalue weighted by molar-refractivity contribution is 14.1. The summed E-state index contributed by atoms with van der Waals surface area (Å²) in [4.78, 5) is 23.6. The van der Waals surface area contributed by atoms with Crippen LogP contribution in [0.3, 0.4) is 0 Å². The third-order valence-electron chi connectivity index (χ3n) is 5.31. The fourth-order valence-electron chi connectivity index (χ4n) is 3.66.